The van der Waals surface area contributed by atoms with Crippen molar-refractivity contribution in [1.29, 1.82) is 0 Å². The zero-order chi connectivity index (χ0) is 24.6. The van der Waals surface area contributed by atoms with Gasteiger partial charge in [-0.25, -0.2) is 9.98 Å². The maximum atomic E-state index is 12.6. The number of allylic oxidation sites excluding steroid dienone is 2. The van der Waals surface area contributed by atoms with E-state index in [9.17, 15) is 4.79 Å². The number of nitrogens with one attached hydrogen (secondary N) is 3. The minimum Gasteiger partial charge on any atom is -0.492 e. The van der Waals surface area contributed by atoms with E-state index in [1.165, 1.54) is 0 Å². The molecule has 2 aliphatic heterocycles. The first-order valence-corrected chi connectivity index (χ1v) is 11.7. The van der Waals surface area contributed by atoms with E-state index >= 15 is 0 Å². The molecular weight excluding hydrogens is 444 g/mol. The summed E-state index contributed by atoms with van der Waals surface area (Å²) in [5.74, 6) is 1.77. The van der Waals surface area contributed by atoms with Gasteiger partial charge in [-0.2, -0.15) is 0 Å². The zero-order valence-electron chi connectivity index (χ0n) is 20.0. The Hall–Kier alpha value is -3.69. The second-order valence-corrected chi connectivity index (χ2v) is 8.51. The number of pyridine rings is 1. The number of carbonyl (C=O) groups is 1. The number of aromatic nitrogens is 1. The molecule has 2 aliphatic rings. The fraction of sp³-hybridized carbons (Fsp3) is 0.346. The van der Waals surface area contributed by atoms with Crippen LogP contribution in [0.15, 0.2) is 53.9 Å². The Morgan fingerprint density at radius 2 is 2.29 bits per heavy atom. The number of hydrogen-bond donors (Lipinski definition) is 4. The van der Waals surface area contributed by atoms with Crippen LogP contribution >= 0.6 is 0 Å². The van der Waals surface area contributed by atoms with Gasteiger partial charge in [-0.1, -0.05) is 18.7 Å². The molecule has 3 heterocycles. The Morgan fingerprint density at radius 1 is 1.40 bits per heavy atom. The normalized spacial score (nSPS) is 17.6. The van der Waals surface area contributed by atoms with Crippen LogP contribution in [-0.2, 0) is 17.7 Å². The lowest BCUT2D eigenvalue weighted by Gasteiger charge is -2.23. The lowest BCUT2D eigenvalue weighted by atomic mass is 10.0. The molecule has 0 radical (unpaired) electrons. The number of aliphatic imine (C=N–C) groups is 1. The highest BCUT2D eigenvalue weighted by Crippen LogP contribution is 2.37. The summed E-state index contributed by atoms with van der Waals surface area (Å²) in [6, 6.07) is 7.58. The first-order valence-electron chi connectivity index (χ1n) is 11.7. The summed E-state index contributed by atoms with van der Waals surface area (Å²) in [6.07, 6.45) is 6.06. The summed E-state index contributed by atoms with van der Waals surface area (Å²) < 4.78 is 11.6. The molecule has 35 heavy (non-hydrogen) atoms. The van der Waals surface area contributed by atoms with E-state index in [1.807, 2.05) is 37.3 Å². The molecule has 1 unspecified atom stereocenters. The number of morpholine rings is 1. The van der Waals surface area contributed by atoms with Crippen molar-refractivity contribution in [3.8, 4) is 5.75 Å². The van der Waals surface area contributed by atoms with Crippen molar-refractivity contribution >= 4 is 23.5 Å². The molecule has 0 bridgehead atoms. The van der Waals surface area contributed by atoms with Crippen LogP contribution < -0.4 is 26.4 Å². The number of ether oxygens (including phenoxy) is 2. The quantitative estimate of drug-likeness (QED) is 0.410. The van der Waals surface area contributed by atoms with Crippen molar-refractivity contribution in [3.63, 3.8) is 0 Å². The monoisotopic (exact) mass is 476 g/mol. The highest BCUT2D eigenvalue weighted by atomic mass is 16.5. The largest absolute Gasteiger partial charge is 0.492 e. The summed E-state index contributed by atoms with van der Waals surface area (Å²) in [5, 5.41) is 9.64. The van der Waals surface area contributed by atoms with Crippen LogP contribution in [0.1, 0.15) is 34.0 Å². The Bertz CT molecular complexity index is 1140. The molecule has 0 aliphatic carbocycles. The highest BCUT2D eigenvalue weighted by Gasteiger charge is 2.22. The minimum absolute atomic E-state index is 0.00166. The van der Waals surface area contributed by atoms with Gasteiger partial charge in [-0.15, -0.1) is 0 Å². The molecule has 9 heteroatoms. The summed E-state index contributed by atoms with van der Waals surface area (Å²) in [5.41, 5.74) is 10.0. The summed E-state index contributed by atoms with van der Waals surface area (Å²) in [6.45, 7) is 9.43. The van der Waals surface area contributed by atoms with Crippen molar-refractivity contribution in [1.82, 2.24) is 15.6 Å². The Balaban J connectivity index is 1.40. The lowest BCUT2D eigenvalue weighted by Crippen LogP contribution is -2.45. The molecule has 0 saturated carbocycles. The third-order valence-corrected chi connectivity index (χ3v) is 5.86. The van der Waals surface area contributed by atoms with Gasteiger partial charge in [0.15, 0.2) is 0 Å². The topological polar surface area (TPSA) is 123 Å². The molecule has 4 rings (SSSR count). The average molecular weight is 477 g/mol. The lowest BCUT2D eigenvalue weighted by molar-refractivity contribution is 0.0287. The predicted octanol–water partition coefficient (Wildman–Crippen LogP) is 2.25. The second kappa shape index (κ2) is 11.6. The molecule has 9 nitrogen and oxygen atoms in total. The zero-order valence-corrected chi connectivity index (χ0v) is 20.0. The first kappa shape index (κ1) is 24.4. The van der Waals surface area contributed by atoms with Gasteiger partial charge in [-0.05, 0) is 36.3 Å². The highest BCUT2D eigenvalue weighted by molar-refractivity contribution is 5.94. The summed E-state index contributed by atoms with van der Waals surface area (Å²) in [4.78, 5) is 21.3. The molecule has 0 spiro atoms. The van der Waals surface area contributed by atoms with Crippen LogP contribution in [0.5, 0.6) is 5.75 Å². The second-order valence-electron chi connectivity index (χ2n) is 8.51. The van der Waals surface area contributed by atoms with Crippen LogP contribution in [0.25, 0.3) is 5.57 Å². The average Bonchev–Trinajstić information content (AvgIpc) is 3.36. The fourth-order valence-corrected chi connectivity index (χ4v) is 4.02. The van der Waals surface area contributed by atoms with Crippen LogP contribution in [0.2, 0.25) is 0 Å². The van der Waals surface area contributed by atoms with Crippen molar-refractivity contribution in [3.05, 3.63) is 71.2 Å². The molecule has 1 saturated heterocycles. The number of amides is 1. The van der Waals surface area contributed by atoms with Crippen LogP contribution in [0.4, 0.5) is 5.82 Å². The van der Waals surface area contributed by atoms with Gasteiger partial charge in [0, 0.05) is 61.7 Å². The molecule has 1 aromatic heterocycles. The van der Waals surface area contributed by atoms with E-state index in [0.717, 1.165) is 53.3 Å². The molecule has 1 atom stereocenters. The number of hydrogen-bond acceptors (Lipinski definition) is 8. The Labute approximate surface area is 205 Å². The molecule has 1 fully saturated rings. The predicted molar refractivity (Wildman–Crippen MR) is 138 cm³/mol. The van der Waals surface area contributed by atoms with Gasteiger partial charge in [0.05, 0.1) is 19.3 Å². The van der Waals surface area contributed by atoms with Crippen LogP contribution in [0.3, 0.4) is 0 Å². The number of nitrogens with two attached hydrogens (primary N) is 1. The standard InChI is InChI=1S/C26H32N6O3/c1-17(6-8-29-18(2)27)23-16-31-25(22-7-10-35-24(22)23)30-13-19-4-3-5-20(12-19)26(33)32-15-21-14-28-9-11-34-21/h3-6,8,12,16,21,28H,2,7,9-11,13-15,27H2,1H3,(H,30,31)(H,32,33)/b17-6+,29-8-. The van der Waals surface area contributed by atoms with Gasteiger partial charge in [0.25, 0.3) is 5.91 Å². The van der Waals surface area contributed by atoms with Gasteiger partial charge in [-0.3, -0.25) is 4.79 Å². The Kier molecular flexibility index (Phi) is 8.12. The molecule has 5 N–H and O–H groups in total. The molecule has 1 amide bonds. The SMILES string of the molecule is C=C(N)/N=C\C=C(/C)c1cnc(NCc2cccc(C(=O)NCC3CNCCO3)c2)c2c1OCC2. The fourth-order valence-electron chi connectivity index (χ4n) is 4.02. The number of carbonyl (C=O) groups excluding carboxylic acids is 1. The maximum Gasteiger partial charge on any atom is 0.251 e. The van der Waals surface area contributed by atoms with Crippen LogP contribution in [-0.4, -0.2) is 56.1 Å². The third-order valence-electron chi connectivity index (χ3n) is 5.86. The number of anilines is 1. The van der Waals surface area contributed by atoms with Crippen LogP contribution in [0, 0.1) is 0 Å². The number of fused-ring (bicyclic) bond motifs is 1. The van der Waals surface area contributed by atoms with E-state index in [2.05, 4.69) is 32.5 Å². The van der Waals surface area contributed by atoms with Gasteiger partial charge in [0.2, 0.25) is 0 Å². The maximum absolute atomic E-state index is 12.6. The minimum atomic E-state index is -0.109. The molecule has 1 aromatic carbocycles. The van der Waals surface area contributed by atoms with E-state index in [4.69, 9.17) is 15.2 Å². The summed E-state index contributed by atoms with van der Waals surface area (Å²) >= 11 is 0. The van der Waals surface area contributed by atoms with E-state index in [-0.39, 0.29) is 17.8 Å². The van der Waals surface area contributed by atoms with E-state index in [0.29, 0.717) is 31.9 Å². The number of nitrogens with zero attached hydrogens (tertiary/aromatic N) is 2. The van der Waals surface area contributed by atoms with Gasteiger partial charge >= 0.3 is 0 Å². The molecule has 2 aromatic rings. The first-order chi connectivity index (χ1) is 17.0. The summed E-state index contributed by atoms with van der Waals surface area (Å²) in [7, 11) is 0. The smallest absolute Gasteiger partial charge is 0.251 e. The Morgan fingerprint density at radius 3 is 3.09 bits per heavy atom. The van der Waals surface area contributed by atoms with Crippen molar-refractivity contribution in [2.24, 2.45) is 10.7 Å². The van der Waals surface area contributed by atoms with Gasteiger partial charge in [0.1, 0.15) is 17.4 Å². The van der Waals surface area contributed by atoms with Crippen molar-refractivity contribution < 1.29 is 14.3 Å². The van der Waals surface area contributed by atoms with Gasteiger partial charge < -0.3 is 31.2 Å². The van der Waals surface area contributed by atoms with E-state index in [1.54, 1.807) is 12.4 Å². The number of rotatable bonds is 9. The molecule has 184 valence electrons. The third kappa shape index (κ3) is 6.46. The number of benzene rings is 1. The van der Waals surface area contributed by atoms with E-state index < -0.39 is 0 Å². The van der Waals surface area contributed by atoms with Crippen molar-refractivity contribution in [2.45, 2.75) is 26.0 Å². The van der Waals surface area contributed by atoms with Crippen molar-refractivity contribution in [2.75, 3.05) is 38.2 Å². The molecular formula is C26H32N6O3.